The van der Waals surface area contributed by atoms with Crippen molar-refractivity contribution < 1.29 is 19.4 Å². The van der Waals surface area contributed by atoms with Crippen LogP contribution < -0.4 is 0 Å². The number of carboxylic acid groups (broad SMARTS) is 1. The molecular weight excluding hydrogens is 198 g/mol. The maximum absolute atomic E-state index is 10.9. The molecule has 0 amide bonds. The highest BCUT2D eigenvalue weighted by Crippen LogP contribution is 1.99. The van der Waals surface area contributed by atoms with Crippen LogP contribution in [0.3, 0.4) is 0 Å². The monoisotopic (exact) mass is 217 g/mol. The van der Waals surface area contributed by atoms with Crippen molar-refractivity contribution in [2.45, 2.75) is 27.0 Å². The fraction of sp³-hybridized carbons (Fsp3) is 0.600. The second-order valence-electron chi connectivity index (χ2n) is 3.27. The lowest BCUT2D eigenvalue weighted by Gasteiger charge is -2.19. The van der Waals surface area contributed by atoms with E-state index in [0.717, 1.165) is 6.92 Å². The van der Waals surface area contributed by atoms with Crippen molar-refractivity contribution in [1.29, 1.82) is 0 Å². The Morgan fingerprint density at radius 1 is 1.33 bits per heavy atom. The zero-order valence-corrected chi connectivity index (χ0v) is 9.90. The minimum absolute atomic E-state index is 0.195. The van der Waals surface area contributed by atoms with Crippen LogP contribution in [0.5, 0.6) is 0 Å². The van der Waals surface area contributed by atoms with Crippen LogP contribution in [-0.2, 0) is 14.3 Å². The molecule has 0 saturated carbocycles. The van der Waals surface area contributed by atoms with Gasteiger partial charge in [0, 0.05) is 12.5 Å². The fourth-order valence-electron chi connectivity index (χ4n) is 0.361. The third kappa shape index (κ3) is 12.6. The molecule has 0 aliphatic heterocycles. The zero-order valence-electron chi connectivity index (χ0n) is 9.90. The first-order chi connectivity index (χ1) is 6.68. The van der Waals surface area contributed by atoms with E-state index in [0.29, 0.717) is 5.57 Å². The van der Waals surface area contributed by atoms with E-state index in [2.05, 4.69) is 6.58 Å². The second kappa shape index (κ2) is 7.99. The molecule has 0 bridgehead atoms. The molecule has 0 spiro atoms. The van der Waals surface area contributed by atoms with Gasteiger partial charge in [-0.05, 0) is 27.9 Å². The van der Waals surface area contributed by atoms with Gasteiger partial charge >= 0.3 is 5.97 Å². The number of carbonyl (C=O) groups excluding carboxylic acids is 1. The highest BCUT2D eigenvalue weighted by Gasteiger charge is 2.10. The van der Waals surface area contributed by atoms with Gasteiger partial charge in [-0.1, -0.05) is 6.58 Å². The van der Waals surface area contributed by atoms with Crippen LogP contribution >= 0.6 is 0 Å². The van der Waals surface area contributed by atoms with Gasteiger partial charge in [-0.15, -0.1) is 0 Å². The molecular formula is C10H19NO4. The molecule has 1 N–H and O–H groups in total. The normalized spacial score (nSPS) is 11.1. The van der Waals surface area contributed by atoms with Crippen LogP contribution in [0, 0.1) is 0 Å². The Bertz CT molecular complexity index is 232. The third-order valence-electron chi connectivity index (χ3n) is 1.35. The van der Waals surface area contributed by atoms with Crippen molar-refractivity contribution in [3.63, 3.8) is 0 Å². The average Bonchev–Trinajstić information content (AvgIpc) is 2.02. The molecule has 0 fully saturated rings. The van der Waals surface area contributed by atoms with E-state index in [1.54, 1.807) is 18.7 Å². The number of hydrogen-bond acceptors (Lipinski definition) is 4. The lowest BCUT2D eigenvalue weighted by atomic mass is 10.4. The standard InChI is InChI=1S/C8H15NO2.C2H4O2/c1-6(2)8(10)11-7(3)9(4)5;1-2(3)4/h7H,1H2,2-5H3;1H3,(H,3,4). The fourth-order valence-corrected chi connectivity index (χ4v) is 0.361. The van der Waals surface area contributed by atoms with Crippen molar-refractivity contribution in [3.8, 4) is 0 Å². The summed E-state index contributed by atoms with van der Waals surface area (Å²) < 4.78 is 4.96. The smallest absolute Gasteiger partial charge is 0.334 e. The van der Waals surface area contributed by atoms with E-state index in [1.807, 2.05) is 14.1 Å². The van der Waals surface area contributed by atoms with Crippen molar-refractivity contribution in [2.24, 2.45) is 0 Å². The van der Waals surface area contributed by atoms with E-state index in [1.165, 1.54) is 0 Å². The van der Waals surface area contributed by atoms with E-state index in [9.17, 15) is 4.79 Å². The molecule has 0 rings (SSSR count). The predicted molar refractivity (Wildman–Crippen MR) is 57.4 cm³/mol. The molecule has 0 aromatic carbocycles. The van der Waals surface area contributed by atoms with Gasteiger partial charge in [0.1, 0.15) is 0 Å². The molecule has 5 nitrogen and oxygen atoms in total. The highest BCUT2D eigenvalue weighted by atomic mass is 16.6. The molecule has 0 saturated heterocycles. The minimum Gasteiger partial charge on any atom is -0.481 e. The SMILES string of the molecule is C=C(C)C(=O)OC(C)N(C)C.CC(=O)O. The summed E-state index contributed by atoms with van der Waals surface area (Å²) in [6.07, 6.45) is -0.195. The Morgan fingerprint density at radius 3 is 1.87 bits per heavy atom. The van der Waals surface area contributed by atoms with Crippen LogP contribution in [0.25, 0.3) is 0 Å². The molecule has 1 atom stereocenters. The Labute approximate surface area is 90.3 Å². The Hall–Kier alpha value is -1.36. The quantitative estimate of drug-likeness (QED) is 0.435. The van der Waals surface area contributed by atoms with Crippen LogP contribution in [0.2, 0.25) is 0 Å². The van der Waals surface area contributed by atoms with Gasteiger partial charge in [0.15, 0.2) is 6.23 Å². The first-order valence-electron chi connectivity index (χ1n) is 4.41. The highest BCUT2D eigenvalue weighted by molar-refractivity contribution is 5.87. The molecule has 88 valence electrons. The summed E-state index contributed by atoms with van der Waals surface area (Å²) in [6.45, 7) is 7.99. The number of nitrogens with zero attached hydrogens (tertiary/aromatic N) is 1. The number of rotatable bonds is 3. The molecule has 15 heavy (non-hydrogen) atoms. The largest absolute Gasteiger partial charge is 0.481 e. The van der Waals surface area contributed by atoms with E-state index >= 15 is 0 Å². The Kier molecular flexibility index (Phi) is 8.57. The van der Waals surface area contributed by atoms with Gasteiger partial charge in [0.25, 0.3) is 5.97 Å². The maximum Gasteiger partial charge on any atom is 0.334 e. The molecule has 1 unspecified atom stereocenters. The summed E-state index contributed by atoms with van der Waals surface area (Å²) in [6, 6.07) is 0. The molecule has 5 heteroatoms. The number of ether oxygens (including phenoxy) is 1. The summed E-state index contributed by atoms with van der Waals surface area (Å²) in [7, 11) is 3.69. The van der Waals surface area contributed by atoms with E-state index < -0.39 is 5.97 Å². The van der Waals surface area contributed by atoms with Crippen molar-refractivity contribution >= 4 is 11.9 Å². The average molecular weight is 217 g/mol. The topological polar surface area (TPSA) is 66.8 Å². The van der Waals surface area contributed by atoms with Crippen LogP contribution in [0.15, 0.2) is 12.2 Å². The summed E-state index contributed by atoms with van der Waals surface area (Å²) in [5.41, 5.74) is 0.429. The summed E-state index contributed by atoms with van der Waals surface area (Å²) >= 11 is 0. The molecule has 0 radical (unpaired) electrons. The third-order valence-corrected chi connectivity index (χ3v) is 1.35. The van der Waals surface area contributed by atoms with Crippen molar-refractivity contribution in [1.82, 2.24) is 4.90 Å². The van der Waals surface area contributed by atoms with E-state index in [4.69, 9.17) is 14.6 Å². The summed E-state index contributed by atoms with van der Waals surface area (Å²) in [5, 5.41) is 7.42. The van der Waals surface area contributed by atoms with Crippen molar-refractivity contribution in [2.75, 3.05) is 14.1 Å². The van der Waals surface area contributed by atoms with E-state index in [-0.39, 0.29) is 12.2 Å². The minimum atomic E-state index is -0.833. The van der Waals surface area contributed by atoms with Crippen molar-refractivity contribution in [3.05, 3.63) is 12.2 Å². The lowest BCUT2D eigenvalue weighted by Crippen LogP contribution is -2.30. The number of aliphatic carboxylic acids is 1. The van der Waals surface area contributed by atoms with Gasteiger partial charge in [-0.2, -0.15) is 0 Å². The van der Waals surface area contributed by atoms with Crippen LogP contribution in [0.4, 0.5) is 0 Å². The molecule has 0 aliphatic rings. The predicted octanol–water partition coefficient (Wildman–Crippen LogP) is 1.10. The number of carbonyl (C=O) groups is 2. The number of esters is 1. The Morgan fingerprint density at radius 2 is 1.67 bits per heavy atom. The molecule has 0 heterocycles. The summed E-state index contributed by atoms with van der Waals surface area (Å²) in [4.78, 5) is 21.7. The van der Waals surface area contributed by atoms with Gasteiger partial charge in [0.2, 0.25) is 0 Å². The first-order valence-corrected chi connectivity index (χ1v) is 4.41. The van der Waals surface area contributed by atoms with Gasteiger partial charge in [-0.25, -0.2) is 4.79 Å². The molecule has 0 aromatic rings. The number of carboxylic acids is 1. The number of hydrogen-bond donors (Lipinski definition) is 1. The van der Waals surface area contributed by atoms with Crippen LogP contribution in [0.1, 0.15) is 20.8 Å². The second-order valence-corrected chi connectivity index (χ2v) is 3.27. The van der Waals surface area contributed by atoms with Crippen LogP contribution in [-0.4, -0.2) is 42.3 Å². The molecule has 0 aromatic heterocycles. The zero-order chi connectivity index (χ0) is 12.6. The van der Waals surface area contributed by atoms with Gasteiger partial charge < -0.3 is 9.84 Å². The summed E-state index contributed by atoms with van der Waals surface area (Å²) in [5.74, 6) is -1.17. The molecule has 0 aliphatic carbocycles. The Balaban J connectivity index is 0. The maximum atomic E-state index is 10.9. The van der Waals surface area contributed by atoms with Gasteiger partial charge in [-0.3, -0.25) is 9.69 Å². The lowest BCUT2D eigenvalue weighted by molar-refractivity contribution is -0.150. The van der Waals surface area contributed by atoms with Gasteiger partial charge in [0.05, 0.1) is 0 Å². The first kappa shape index (κ1) is 16.1.